The van der Waals surface area contributed by atoms with Gasteiger partial charge in [0, 0.05) is 0 Å². The van der Waals surface area contributed by atoms with E-state index in [0.717, 1.165) is 16.7 Å². The highest BCUT2D eigenvalue weighted by molar-refractivity contribution is 5.99. The molecular formula is C28H27NO6. The number of nitrogens with zero attached hydrogens (tertiary/aromatic N) is 1. The number of benzene rings is 2. The monoisotopic (exact) mass is 473 g/mol. The minimum absolute atomic E-state index is 0.0656. The molecule has 7 nitrogen and oxygen atoms in total. The lowest BCUT2D eigenvalue weighted by Gasteiger charge is -2.25. The van der Waals surface area contributed by atoms with E-state index in [2.05, 4.69) is 0 Å². The summed E-state index contributed by atoms with van der Waals surface area (Å²) in [5, 5.41) is 0.489. The Balaban J connectivity index is 1.74. The van der Waals surface area contributed by atoms with Crippen LogP contribution in [0.15, 0.2) is 62.4 Å². The second kappa shape index (κ2) is 8.98. The van der Waals surface area contributed by atoms with E-state index in [4.69, 9.17) is 18.3 Å². The minimum atomic E-state index is -0.668. The Hall–Kier alpha value is -4.00. The van der Waals surface area contributed by atoms with Gasteiger partial charge in [-0.2, -0.15) is 0 Å². The number of ether oxygens (including phenoxy) is 2. The summed E-state index contributed by atoms with van der Waals surface area (Å²) in [6.07, 6.45) is 1.56. The van der Waals surface area contributed by atoms with E-state index in [9.17, 15) is 9.59 Å². The first-order chi connectivity index (χ1) is 16.9. The molecule has 1 unspecified atom stereocenters. The van der Waals surface area contributed by atoms with Crippen LogP contribution in [0.1, 0.15) is 58.5 Å². The maximum Gasteiger partial charge on any atom is 0.291 e. The number of rotatable bonds is 7. The maximum absolute atomic E-state index is 13.9. The minimum Gasteiger partial charge on any atom is -0.490 e. The molecule has 1 aliphatic rings. The molecule has 1 amide bonds. The van der Waals surface area contributed by atoms with E-state index in [-0.39, 0.29) is 23.6 Å². The number of carbonyl (C=O) groups is 1. The molecule has 3 heterocycles. The van der Waals surface area contributed by atoms with Crippen LogP contribution in [0.2, 0.25) is 0 Å². The summed E-state index contributed by atoms with van der Waals surface area (Å²) >= 11 is 0. The average Bonchev–Trinajstić information content (AvgIpc) is 3.42. The number of aryl methyl sites for hydroxylation is 2. The van der Waals surface area contributed by atoms with E-state index in [0.29, 0.717) is 47.0 Å². The Morgan fingerprint density at radius 1 is 0.971 bits per heavy atom. The first-order valence-corrected chi connectivity index (χ1v) is 11.7. The van der Waals surface area contributed by atoms with Gasteiger partial charge in [-0.1, -0.05) is 12.1 Å². The Bertz CT molecular complexity index is 1470. The van der Waals surface area contributed by atoms with Crippen LogP contribution < -0.4 is 14.9 Å². The van der Waals surface area contributed by atoms with Crippen molar-refractivity contribution in [3.05, 3.63) is 92.7 Å². The van der Waals surface area contributed by atoms with Gasteiger partial charge in [-0.05, 0) is 74.7 Å². The van der Waals surface area contributed by atoms with Gasteiger partial charge < -0.3 is 23.2 Å². The van der Waals surface area contributed by atoms with Crippen molar-refractivity contribution in [2.24, 2.45) is 0 Å². The highest BCUT2D eigenvalue weighted by Gasteiger charge is 2.43. The van der Waals surface area contributed by atoms with Gasteiger partial charge in [-0.3, -0.25) is 9.59 Å². The largest absolute Gasteiger partial charge is 0.490 e. The fourth-order valence-corrected chi connectivity index (χ4v) is 4.83. The fourth-order valence-electron chi connectivity index (χ4n) is 4.83. The third-order valence-corrected chi connectivity index (χ3v) is 6.20. The van der Waals surface area contributed by atoms with Gasteiger partial charge in [0.1, 0.15) is 11.3 Å². The van der Waals surface area contributed by atoms with Crippen LogP contribution in [0.4, 0.5) is 0 Å². The van der Waals surface area contributed by atoms with E-state index >= 15 is 0 Å². The fraction of sp³-hybridized carbons (Fsp3) is 0.286. The average molecular weight is 474 g/mol. The van der Waals surface area contributed by atoms with E-state index in [1.54, 1.807) is 29.4 Å². The molecule has 0 fully saturated rings. The Labute approximate surface area is 202 Å². The molecule has 7 heteroatoms. The van der Waals surface area contributed by atoms with Crippen LogP contribution in [0.3, 0.4) is 0 Å². The molecule has 0 saturated carbocycles. The Morgan fingerprint density at radius 3 is 2.46 bits per heavy atom. The van der Waals surface area contributed by atoms with Crippen molar-refractivity contribution in [1.82, 2.24) is 4.90 Å². The number of hydrogen-bond donors (Lipinski definition) is 0. The second-order valence-corrected chi connectivity index (χ2v) is 8.62. The van der Waals surface area contributed by atoms with Crippen molar-refractivity contribution >= 4 is 16.9 Å². The highest BCUT2D eigenvalue weighted by atomic mass is 16.5. The number of furan rings is 1. The first kappa shape index (κ1) is 22.8. The molecule has 2 aromatic heterocycles. The van der Waals surface area contributed by atoms with Gasteiger partial charge in [-0.15, -0.1) is 0 Å². The molecule has 0 saturated heterocycles. The summed E-state index contributed by atoms with van der Waals surface area (Å²) in [4.78, 5) is 29.2. The molecule has 0 N–H and O–H groups in total. The molecule has 4 aromatic rings. The number of fused-ring (bicyclic) bond motifs is 2. The lowest BCUT2D eigenvalue weighted by molar-refractivity contribution is 0.0701. The number of hydrogen-bond acceptors (Lipinski definition) is 6. The topological polar surface area (TPSA) is 82.1 Å². The molecule has 0 spiro atoms. The molecule has 2 aromatic carbocycles. The second-order valence-electron chi connectivity index (χ2n) is 8.62. The molecule has 0 radical (unpaired) electrons. The molecule has 35 heavy (non-hydrogen) atoms. The van der Waals surface area contributed by atoms with Crippen molar-refractivity contribution in [3.63, 3.8) is 0 Å². The van der Waals surface area contributed by atoms with Crippen LogP contribution in [-0.2, 0) is 6.54 Å². The Morgan fingerprint density at radius 2 is 1.74 bits per heavy atom. The van der Waals surface area contributed by atoms with Crippen molar-refractivity contribution in [2.75, 3.05) is 13.2 Å². The predicted molar refractivity (Wildman–Crippen MR) is 131 cm³/mol. The zero-order chi connectivity index (χ0) is 24.7. The third-order valence-electron chi connectivity index (χ3n) is 6.20. The molecule has 0 aliphatic carbocycles. The van der Waals surface area contributed by atoms with Gasteiger partial charge in [0.15, 0.2) is 16.9 Å². The van der Waals surface area contributed by atoms with E-state index in [1.807, 2.05) is 52.0 Å². The summed E-state index contributed by atoms with van der Waals surface area (Å²) < 4.78 is 23.2. The van der Waals surface area contributed by atoms with Crippen molar-refractivity contribution in [1.29, 1.82) is 0 Å². The Kier molecular flexibility index (Phi) is 5.84. The molecule has 5 rings (SSSR count). The van der Waals surface area contributed by atoms with Crippen LogP contribution in [0.25, 0.3) is 11.0 Å². The highest BCUT2D eigenvalue weighted by Crippen LogP contribution is 2.42. The van der Waals surface area contributed by atoms with Gasteiger partial charge >= 0.3 is 0 Å². The van der Waals surface area contributed by atoms with Crippen LogP contribution in [0, 0.1) is 13.8 Å². The molecule has 0 bridgehead atoms. The number of amides is 1. The van der Waals surface area contributed by atoms with Crippen LogP contribution in [0.5, 0.6) is 11.5 Å². The van der Waals surface area contributed by atoms with Gasteiger partial charge in [0.2, 0.25) is 5.76 Å². The van der Waals surface area contributed by atoms with E-state index in [1.165, 1.54) is 0 Å². The van der Waals surface area contributed by atoms with Crippen molar-refractivity contribution in [3.8, 4) is 11.5 Å². The van der Waals surface area contributed by atoms with Crippen LogP contribution >= 0.6 is 0 Å². The quantitative estimate of drug-likeness (QED) is 0.350. The predicted octanol–water partition coefficient (Wildman–Crippen LogP) is 5.55. The molecule has 1 atom stereocenters. The lowest BCUT2D eigenvalue weighted by atomic mass is 9.96. The van der Waals surface area contributed by atoms with Crippen LogP contribution in [-0.4, -0.2) is 24.0 Å². The molecule has 1 aliphatic heterocycles. The lowest BCUT2D eigenvalue weighted by Crippen LogP contribution is -2.29. The van der Waals surface area contributed by atoms with Crippen molar-refractivity contribution < 1.29 is 23.1 Å². The SMILES string of the molecule is CCOc1ccc(C2c3c(oc4cc(C)cc(C)c4c3=O)C(=O)N2Cc2ccco2)cc1OCC. The summed E-state index contributed by atoms with van der Waals surface area (Å²) in [7, 11) is 0. The van der Waals surface area contributed by atoms with Gasteiger partial charge in [0.05, 0.1) is 43.0 Å². The summed E-state index contributed by atoms with van der Waals surface area (Å²) in [6, 6.07) is 12.2. The zero-order valence-electron chi connectivity index (χ0n) is 20.2. The van der Waals surface area contributed by atoms with Gasteiger partial charge in [0.25, 0.3) is 5.91 Å². The maximum atomic E-state index is 13.9. The molecule has 180 valence electrons. The summed E-state index contributed by atoms with van der Waals surface area (Å²) in [5.41, 5.74) is 3.04. The summed E-state index contributed by atoms with van der Waals surface area (Å²) in [6.45, 7) is 8.74. The third kappa shape index (κ3) is 3.87. The first-order valence-electron chi connectivity index (χ1n) is 11.7. The van der Waals surface area contributed by atoms with Crippen molar-refractivity contribution in [2.45, 2.75) is 40.3 Å². The molecular weight excluding hydrogens is 446 g/mol. The van der Waals surface area contributed by atoms with Gasteiger partial charge in [-0.25, -0.2) is 0 Å². The number of carbonyl (C=O) groups excluding carboxylic acids is 1. The normalized spacial score (nSPS) is 15.0. The summed E-state index contributed by atoms with van der Waals surface area (Å²) in [5.74, 6) is 1.48. The van der Waals surface area contributed by atoms with E-state index < -0.39 is 6.04 Å². The zero-order valence-corrected chi connectivity index (χ0v) is 20.2. The standard InChI is InChI=1S/C28H27NO6/c1-5-32-20-10-9-18(14-21(20)33-6-2)25-24-26(30)23-17(4)12-16(3)13-22(23)35-27(24)28(31)29(25)15-19-8-7-11-34-19/h7-14,25H,5-6,15H2,1-4H3. The smallest absolute Gasteiger partial charge is 0.291 e.